The molecule has 0 bridgehead atoms. The second-order valence-electron chi connectivity index (χ2n) is 5.11. The first-order chi connectivity index (χ1) is 7.75. The maximum atomic E-state index is 2.38. The van der Waals surface area contributed by atoms with Gasteiger partial charge in [-0.05, 0) is 16.7 Å². The molecule has 0 atom stereocenters. The van der Waals surface area contributed by atoms with E-state index >= 15 is 0 Å². The maximum Gasteiger partial charge on any atom is -0.0280 e. The predicted octanol–water partition coefficient (Wildman–Crippen LogP) is 7.18. The number of hydrogen-bond acceptors (Lipinski definition) is 0. The highest BCUT2D eigenvalue weighted by Crippen LogP contribution is 2.46. The van der Waals surface area contributed by atoms with Crippen LogP contribution in [-0.2, 0) is 0 Å². The third kappa shape index (κ3) is 9.68. The van der Waals surface area contributed by atoms with Crippen molar-refractivity contribution in [2.24, 2.45) is 16.7 Å². The molecule has 0 spiro atoms. The monoisotopic (exact) mass is 246 g/mol. The molecule has 0 aliphatic rings. The molecule has 0 nitrogen and oxygen atoms in total. The molecule has 0 radical (unpaired) electrons. The van der Waals surface area contributed by atoms with E-state index in [2.05, 4.69) is 48.5 Å². The summed E-state index contributed by atoms with van der Waals surface area (Å²) in [6.45, 7) is 28.4. The molecule has 0 aliphatic heterocycles. The van der Waals surface area contributed by atoms with Crippen LogP contribution in [0.1, 0.15) is 96.4 Å². The summed E-state index contributed by atoms with van der Waals surface area (Å²) in [5, 5.41) is 0. The van der Waals surface area contributed by atoms with Gasteiger partial charge in [0.05, 0.1) is 0 Å². The maximum absolute atomic E-state index is 2.38. The molecule has 0 saturated carbocycles. The van der Waals surface area contributed by atoms with Crippen LogP contribution in [0.2, 0.25) is 0 Å². The van der Waals surface area contributed by atoms with Crippen molar-refractivity contribution in [2.45, 2.75) is 96.4 Å². The van der Waals surface area contributed by atoms with Crippen LogP contribution in [0.25, 0.3) is 0 Å². The Kier molecular flexibility index (Phi) is 21.3. The van der Waals surface area contributed by atoms with Gasteiger partial charge < -0.3 is 0 Å². The van der Waals surface area contributed by atoms with Crippen molar-refractivity contribution in [2.75, 3.05) is 0 Å². The minimum atomic E-state index is 0.446. The molecular formula is C17H42. The molecule has 0 aromatic rings. The zero-order chi connectivity index (χ0) is 15.3. The highest BCUT2D eigenvalue weighted by molar-refractivity contribution is 4.86. The van der Waals surface area contributed by atoms with Crippen molar-refractivity contribution in [3.05, 3.63) is 0 Å². The molecule has 0 aliphatic carbocycles. The van der Waals surface area contributed by atoms with Crippen molar-refractivity contribution in [3.8, 4) is 0 Å². The molecule has 0 heterocycles. The topological polar surface area (TPSA) is 0 Å². The Labute approximate surface area is 114 Å². The first kappa shape index (κ1) is 25.8. The Bertz CT molecular complexity index is 118. The van der Waals surface area contributed by atoms with Gasteiger partial charge >= 0.3 is 0 Å². The molecule has 0 heteroatoms. The summed E-state index contributed by atoms with van der Waals surface area (Å²) >= 11 is 0. The molecule has 110 valence electrons. The van der Waals surface area contributed by atoms with Gasteiger partial charge in [0.25, 0.3) is 0 Å². The van der Waals surface area contributed by atoms with Gasteiger partial charge in [-0.3, -0.25) is 0 Å². The summed E-state index contributed by atoms with van der Waals surface area (Å²) in [6.07, 6.45) is 1.26. The van der Waals surface area contributed by atoms with Crippen LogP contribution >= 0.6 is 0 Å². The molecule has 0 aromatic carbocycles. The lowest BCUT2D eigenvalue weighted by Gasteiger charge is -2.44. The third-order valence-corrected chi connectivity index (χ3v) is 4.07. The van der Waals surface area contributed by atoms with Crippen molar-refractivity contribution in [3.63, 3.8) is 0 Å². The van der Waals surface area contributed by atoms with Crippen LogP contribution in [0.4, 0.5) is 0 Å². The molecule has 0 rings (SSSR count). The van der Waals surface area contributed by atoms with Crippen molar-refractivity contribution in [1.29, 1.82) is 0 Å². The quantitative estimate of drug-likeness (QED) is 0.494. The minimum absolute atomic E-state index is 0.446. The smallest absolute Gasteiger partial charge is 0.0280 e. The standard InChI is InChI=1S/C11H24.3C2H6/c1-8-10(4,5)11(6,7)9(2)3;3*1-2/h9H,8H2,1-7H3;3*1-2H3. The third-order valence-electron chi connectivity index (χ3n) is 4.07. The second kappa shape index (κ2) is 14.1. The lowest BCUT2D eigenvalue weighted by atomic mass is 9.61. The minimum Gasteiger partial charge on any atom is -0.0683 e. The molecule has 0 saturated heterocycles. The summed E-state index contributed by atoms with van der Waals surface area (Å²) in [4.78, 5) is 0. The first-order valence-electron chi connectivity index (χ1n) is 7.75. The molecular weight excluding hydrogens is 204 g/mol. The molecule has 0 aromatic heterocycles. The van der Waals surface area contributed by atoms with Gasteiger partial charge in [0, 0.05) is 0 Å². The van der Waals surface area contributed by atoms with E-state index in [1.165, 1.54) is 6.42 Å². The summed E-state index contributed by atoms with van der Waals surface area (Å²) in [5.74, 6) is 0.762. The zero-order valence-corrected chi connectivity index (χ0v) is 15.3. The fourth-order valence-corrected chi connectivity index (χ4v) is 1.24. The van der Waals surface area contributed by atoms with Gasteiger partial charge in [0.1, 0.15) is 0 Å². The summed E-state index contributed by atoms with van der Waals surface area (Å²) in [5.41, 5.74) is 0.906. The van der Waals surface area contributed by atoms with Crippen LogP contribution in [-0.4, -0.2) is 0 Å². The summed E-state index contributed by atoms with van der Waals surface area (Å²) in [7, 11) is 0. The van der Waals surface area contributed by atoms with E-state index in [0.29, 0.717) is 10.8 Å². The summed E-state index contributed by atoms with van der Waals surface area (Å²) in [6, 6.07) is 0. The number of hydrogen-bond donors (Lipinski definition) is 0. The molecule has 0 unspecified atom stereocenters. The Morgan fingerprint density at radius 1 is 0.706 bits per heavy atom. The average molecular weight is 247 g/mol. The normalized spacial score (nSPS) is 10.2. The Hall–Kier alpha value is 0. The highest BCUT2D eigenvalue weighted by atomic mass is 14.4. The Morgan fingerprint density at radius 3 is 1.00 bits per heavy atom. The van der Waals surface area contributed by atoms with Crippen molar-refractivity contribution < 1.29 is 0 Å². The lowest BCUT2D eigenvalue weighted by molar-refractivity contribution is 0.0523. The van der Waals surface area contributed by atoms with Gasteiger partial charge in [-0.2, -0.15) is 0 Å². The Morgan fingerprint density at radius 2 is 0.941 bits per heavy atom. The van der Waals surface area contributed by atoms with E-state index in [1.54, 1.807) is 0 Å². The fourth-order valence-electron chi connectivity index (χ4n) is 1.24. The lowest BCUT2D eigenvalue weighted by Crippen LogP contribution is -2.36. The Balaban J connectivity index is -0.000000121. The van der Waals surface area contributed by atoms with Crippen LogP contribution in [0.5, 0.6) is 0 Å². The van der Waals surface area contributed by atoms with Gasteiger partial charge in [0.2, 0.25) is 0 Å². The van der Waals surface area contributed by atoms with Gasteiger partial charge in [-0.1, -0.05) is 96.4 Å². The van der Waals surface area contributed by atoms with E-state index < -0.39 is 0 Å². The SMILES string of the molecule is CC.CC.CC.CCC(C)(C)C(C)(C)C(C)C. The first-order valence-corrected chi connectivity index (χ1v) is 7.75. The average Bonchev–Trinajstić information content (AvgIpc) is 2.36. The number of rotatable bonds is 3. The van der Waals surface area contributed by atoms with E-state index in [-0.39, 0.29) is 0 Å². The molecule has 0 amide bonds. The molecule has 17 heavy (non-hydrogen) atoms. The van der Waals surface area contributed by atoms with E-state index in [1.807, 2.05) is 41.5 Å². The van der Waals surface area contributed by atoms with Crippen molar-refractivity contribution in [1.82, 2.24) is 0 Å². The second-order valence-corrected chi connectivity index (χ2v) is 5.11. The van der Waals surface area contributed by atoms with E-state index in [9.17, 15) is 0 Å². The zero-order valence-electron chi connectivity index (χ0n) is 15.3. The van der Waals surface area contributed by atoms with Crippen molar-refractivity contribution >= 4 is 0 Å². The van der Waals surface area contributed by atoms with E-state index in [4.69, 9.17) is 0 Å². The molecule has 0 N–H and O–H groups in total. The van der Waals surface area contributed by atoms with Crippen LogP contribution in [0.3, 0.4) is 0 Å². The predicted molar refractivity (Wildman–Crippen MR) is 86.7 cm³/mol. The summed E-state index contributed by atoms with van der Waals surface area (Å²) < 4.78 is 0. The van der Waals surface area contributed by atoms with Gasteiger partial charge in [-0.25, -0.2) is 0 Å². The fraction of sp³-hybridized carbons (Fsp3) is 1.00. The van der Waals surface area contributed by atoms with Gasteiger partial charge in [0.15, 0.2) is 0 Å². The van der Waals surface area contributed by atoms with E-state index in [0.717, 1.165) is 5.92 Å². The van der Waals surface area contributed by atoms with Crippen LogP contribution in [0, 0.1) is 16.7 Å². The largest absolute Gasteiger partial charge is 0.0683 e. The molecule has 0 fully saturated rings. The van der Waals surface area contributed by atoms with Gasteiger partial charge in [-0.15, -0.1) is 0 Å². The highest BCUT2D eigenvalue weighted by Gasteiger charge is 2.37. The van der Waals surface area contributed by atoms with Crippen LogP contribution in [0.15, 0.2) is 0 Å². The van der Waals surface area contributed by atoms with Crippen LogP contribution < -0.4 is 0 Å².